The van der Waals surface area contributed by atoms with Crippen LogP contribution in [-0.2, 0) is 4.79 Å². The molecule has 0 fully saturated rings. The summed E-state index contributed by atoms with van der Waals surface area (Å²) in [4.78, 5) is 13.9. The lowest BCUT2D eigenvalue weighted by molar-refractivity contribution is -0.127. The normalized spacial score (nSPS) is 21.9. The molecule has 3 heterocycles. The zero-order valence-corrected chi connectivity index (χ0v) is 14.4. The van der Waals surface area contributed by atoms with E-state index >= 15 is 0 Å². The van der Waals surface area contributed by atoms with Crippen LogP contribution in [0.1, 0.15) is 22.6 Å². The van der Waals surface area contributed by atoms with Gasteiger partial charge in [0, 0.05) is 21.9 Å². The molecule has 24 heavy (non-hydrogen) atoms. The maximum Gasteiger partial charge on any atom is 0.255 e. The van der Waals surface area contributed by atoms with Crippen LogP contribution in [0.25, 0.3) is 0 Å². The zero-order chi connectivity index (χ0) is 16.5. The number of carbonyl (C=O) groups excluding carboxylic acids is 1. The molecule has 5 nitrogen and oxygen atoms in total. The fourth-order valence-electron chi connectivity index (χ4n) is 2.90. The SMILES string of the molecule is C=CCSC1=NN2C(c3cccs3)Nc3ccccc3C2C(=O)N1. The van der Waals surface area contributed by atoms with E-state index in [4.69, 9.17) is 5.10 Å². The monoisotopic (exact) mass is 356 g/mol. The van der Waals surface area contributed by atoms with Crippen molar-refractivity contribution in [3.63, 3.8) is 0 Å². The molecular weight excluding hydrogens is 340 g/mol. The van der Waals surface area contributed by atoms with Crippen molar-refractivity contribution in [1.82, 2.24) is 10.3 Å². The van der Waals surface area contributed by atoms with Crippen LogP contribution in [0.15, 0.2) is 59.5 Å². The smallest absolute Gasteiger partial charge is 0.255 e. The minimum atomic E-state index is -0.428. The van der Waals surface area contributed by atoms with Gasteiger partial charge in [-0.25, -0.2) is 5.01 Å². The first kappa shape index (κ1) is 15.3. The Labute approximate surface area is 148 Å². The number of amides is 1. The third-order valence-corrected chi connectivity index (χ3v) is 5.70. The number of nitrogens with zero attached hydrogens (tertiary/aromatic N) is 2. The Kier molecular flexibility index (Phi) is 4.03. The number of anilines is 1. The summed E-state index contributed by atoms with van der Waals surface area (Å²) in [7, 11) is 0. The third-order valence-electron chi connectivity index (χ3n) is 3.91. The summed E-state index contributed by atoms with van der Waals surface area (Å²) in [6.07, 6.45) is 1.64. The van der Waals surface area contributed by atoms with E-state index in [1.807, 2.05) is 40.7 Å². The topological polar surface area (TPSA) is 56.7 Å². The van der Waals surface area contributed by atoms with Gasteiger partial charge in [0.15, 0.2) is 17.4 Å². The van der Waals surface area contributed by atoms with Gasteiger partial charge in [0.25, 0.3) is 5.91 Å². The number of hydrazone groups is 1. The van der Waals surface area contributed by atoms with E-state index in [0.29, 0.717) is 10.9 Å². The van der Waals surface area contributed by atoms with E-state index in [0.717, 1.165) is 16.1 Å². The first-order valence-corrected chi connectivity index (χ1v) is 9.45. The molecule has 2 aliphatic heterocycles. The number of amidine groups is 1. The number of fused-ring (bicyclic) bond motifs is 3. The van der Waals surface area contributed by atoms with E-state index in [9.17, 15) is 4.79 Å². The number of hydrogen-bond donors (Lipinski definition) is 2. The number of thiophene rings is 1. The molecule has 0 radical (unpaired) electrons. The van der Waals surface area contributed by atoms with Gasteiger partial charge in [0.1, 0.15) is 0 Å². The van der Waals surface area contributed by atoms with Crippen molar-refractivity contribution in [2.24, 2.45) is 5.10 Å². The van der Waals surface area contributed by atoms with Crippen molar-refractivity contribution in [3.05, 3.63) is 64.9 Å². The summed E-state index contributed by atoms with van der Waals surface area (Å²) >= 11 is 3.12. The van der Waals surface area contributed by atoms with Crippen LogP contribution >= 0.6 is 23.1 Å². The molecule has 1 amide bonds. The van der Waals surface area contributed by atoms with Gasteiger partial charge in [-0.1, -0.05) is 42.1 Å². The molecule has 1 aromatic carbocycles. The van der Waals surface area contributed by atoms with Crippen molar-refractivity contribution in [2.75, 3.05) is 11.1 Å². The number of rotatable bonds is 3. The molecule has 7 heteroatoms. The molecule has 2 aromatic rings. The van der Waals surface area contributed by atoms with E-state index in [2.05, 4.69) is 23.3 Å². The molecule has 2 N–H and O–H groups in total. The van der Waals surface area contributed by atoms with Gasteiger partial charge >= 0.3 is 0 Å². The maximum atomic E-state index is 12.8. The lowest BCUT2D eigenvalue weighted by atomic mass is 9.99. The van der Waals surface area contributed by atoms with Crippen LogP contribution in [0.4, 0.5) is 5.69 Å². The predicted molar refractivity (Wildman–Crippen MR) is 99.9 cm³/mol. The second kappa shape index (κ2) is 6.33. The fraction of sp³-hybridized carbons (Fsp3) is 0.176. The summed E-state index contributed by atoms with van der Waals surface area (Å²) < 4.78 is 0. The van der Waals surface area contributed by atoms with Crippen molar-refractivity contribution in [2.45, 2.75) is 12.2 Å². The van der Waals surface area contributed by atoms with Gasteiger partial charge in [0.2, 0.25) is 0 Å². The molecular formula is C17H16N4OS2. The van der Waals surface area contributed by atoms with Crippen molar-refractivity contribution in [1.29, 1.82) is 0 Å². The number of nitrogens with one attached hydrogen (secondary N) is 2. The number of thioether (sulfide) groups is 1. The van der Waals surface area contributed by atoms with Gasteiger partial charge in [0.05, 0.1) is 0 Å². The van der Waals surface area contributed by atoms with Gasteiger partial charge < -0.3 is 10.6 Å². The van der Waals surface area contributed by atoms with E-state index in [-0.39, 0.29) is 12.1 Å². The Bertz CT molecular complexity index is 803. The second-order valence-electron chi connectivity index (χ2n) is 5.43. The lowest BCUT2D eigenvalue weighted by Gasteiger charge is -2.43. The molecule has 0 spiro atoms. The highest BCUT2D eigenvalue weighted by atomic mass is 32.2. The Morgan fingerprint density at radius 2 is 2.21 bits per heavy atom. The summed E-state index contributed by atoms with van der Waals surface area (Å²) in [6, 6.07) is 11.5. The van der Waals surface area contributed by atoms with Crippen molar-refractivity contribution in [3.8, 4) is 0 Å². The van der Waals surface area contributed by atoms with Crippen molar-refractivity contribution < 1.29 is 4.79 Å². The predicted octanol–water partition coefficient (Wildman–Crippen LogP) is 3.54. The summed E-state index contributed by atoms with van der Waals surface area (Å²) in [5.41, 5.74) is 1.92. The van der Waals surface area contributed by atoms with Crippen LogP contribution in [0.2, 0.25) is 0 Å². The molecule has 0 aliphatic carbocycles. The van der Waals surface area contributed by atoms with E-state index in [1.165, 1.54) is 11.8 Å². The average molecular weight is 356 g/mol. The van der Waals surface area contributed by atoms with Crippen LogP contribution < -0.4 is 10.6 Å². The Morgan fingerprint density at radius 1 is 1.33 bits per heavy atom. The molecule has 0 bridgehead atoms. The van der Waals surface area contributed by atoms with Gasteiger partial charge in [-0.2, -0.15) is 0 Å². The highest BCUT2D eigenvalue weighted by molar-refractivity contribution is 8.14. The molecule has 2 atom stereocenters. The number of para-hydroxylation sites is 1. The number of carbonyl (C=O) groups is 1. The fourth-order valence-corrected chi connectivity index (χ4v) is 4.27. The maximum absolute atomic E-state index is 12.8. The first-order valence-electron chi connectivity index (χ1n) is 7.58. The Hall–Kier alpha value is -2.25. The average Bonchev–Trinajstić information content (AvgIpc) is 3.13. The second-order valence-corrected chi connectivity index (χ2v) is 7.41. The molecule has 122 valence electrons. The van der Waals surface area contributed by atoms with E-state index in [1.54, 1.807) is 17.4 Å². The summed E-state index contributed by atoms with van der Waals surface area (Å²) in [6.45, 7) is 3.72. The Balaban J connectivity index is 1.79. The molecule has 4 rings (SSSR count). The number of benzene rings is 1. The largest absolute Gasteiger partial charge is 0.359 e. The van der Waals surface area contributed by atoms with Crippen molar-refractivity contribution >= 4 is 39.9 Å². The molecule has 2 aliphatic rings. The zero-order valence-electron chi connectivity index (χ0n) is 12.8. The number of hydrogen-bond acceptors (Lipinski definition) is 6. The third kappa shape index (κ3) is 2.59. The van der Waals surface area contributed by atoms with E-state index < -0.39 is 6.04 Å². The highest BCUT2D eigenvalue weighted by Crippen LogP contribution is 2.43. The van der Waals surface area contributed by atoms with Gasteiger partial charge in [-0.05, 0) is 17.5 Å². The highest BCUT2D eigenvalue weighted by Gasteiger charge is 2.42. The standard InChI is InChI=1S/C17H16N4OS2/c1-2-9-24-17-19-16(22)14-11-6-3-4-7-12(11)18-15(21(14)20-17)13-8-5-10-23-13/h2-8,10,14-15,18H,1,9H2,(H,19,20,22). The molecule has 0 saturated carbocycles. The molecule has 2 unspecified atom stereocenters. The van der Waals surface area contributed by atoms with Crippen LogP contribution in [-0.4, -0.2) is 21.8 Å². The quantitative estimate of drug-likeness (QED) is 0.826. The Morgan fingerprint density at radius 3 is 3.00 bits per heavy atom. The first-order chi connectivity index (χ1) is 11.8. The van der Waals surface area contributed by atoms with Crippen LogP contribution in [0.3, 0.4) is 0 Å². The molecule has 1 aromatic heterocycles. The molecule has 0 saturated heterocycles. The van der Waals surface area contributed by atoms with Crippen LogP contribution in [0, 0.1) is 0 Å². The minimum Gasteiger partial charge on any atom is -0.359 e. The van der Waals surface area contributed by atoms with Crippen LogP contribution in [0.5, 0.6) is 0 Å². The lowest BCUT2D eigenvalue weighted by Crippen LogP contribution is -2.50. The van der Waals surface area contributed by atoms with Gasteiger partial charge in [-0.3, -0.25) is 4.79 Å². The van der Waals surface area contributed by atoms with Gasteiger partial charge in [-0.15, -0.1) is 23.0 Å². The minimum absolute atomic E-state index is 0.0490. The summed E-state index contributed by atoms with van der Waals surface area (Å²) in [5, 5.41) is 15.7. The summed E-state index contributed by atoms with van der Waals surface area (Å²) in [5.74, 6) is 0.651.